The van der Waals surface area contributed by atoms with Gasteiger partial charge in [0.2, 0.25) is 0 Å². The minimum atomic E-state index is -0.762. The van der Waals surface area contributed by atoms with Crippen LogP contribution in [0.15, 0.2) is 18.2 Å². The van der Waals surface area contributed by atoms with Crippen molar-refractivity contribution in [1.82, 2.24) is 4.98 Å². The zero-order valence-electron chi connectivity index (χ0n) is 12.6. The number of esters is 1. The number of hydrogen-bond acceptors (Lipinski definition) is 5. The zero-order valence-corrected chi connectivity index (χ0v) is 13.4. The summed E-state index contributed by atoms with van der Waals surface area (Å²) in [7, 11) is 0. The van der Waals surface area contributed by atoms with Crippen LogP contribution in [0.25, 0.3) is 0 Å². The standard InChI is InChI=1S/C16H20ClNO4/c1-2-20-14(19)15(12-4-3-5-13(17)18-12)6-8-16(9-7-15)21-10-11-22-16/h3-5H,2,6-11H2,1H3. The summed E-state index contributed by atoms with van der Waals surface area (Å²) in [4.78, 5) is 17.0. The fourth-order valence-corrected chi connectivity index (χ4v) is 3.52. The van der Waals surface area contributed by atoms with Crippen molar-refractivity contribution in [2.24, 2.45) is 0 Å². The lowest BCUT2D eigenvalue weighted by atomic mass is 9.69. The molecule has 120 valence electrons. The summed E-state index contributed by atoms with van der Waals surface area (Å²) >= 11 is 6.02. The van der Waals surface area contributed by atoms with E-state index in [0.717, 1.165) is 0 Å². The molecule has 0 radical (unpaired) electrons. The van der Waals surface area contributed by atoms with Crippen molar-refractivity contribution in [2.75, 3.05) is 19.8 Å². The molecule has 22 heavy (non-hydrogen) atoms. The number of ether oxygens (including phenoxy) is 3. The van der Waals surface area contributed by atoms with Crippen LogP contribution in [0.5, 0.6) is 0 Å². The molecule has 3 rings (SSSR count). The van der Waals surface area contributed by atoms with Crippen molar-refractivity contribution in [2.45, 2.75) is 43.8 Å². The van der Waals surface area contributed by atoms with E-state index >= 15 is 0 Å². The number of rotatable bonds is 3. The van der Waals surface area contributed by atoms with Gasteiger partial charge in [-0.15, -0.1) is 0 Å². The van der Waals surface area contributed by atoms with Gasteiger partial charge >= 0.3 is 5.97 Å². The zero-order chi connectivity index (χ0) is 15.6. The largest absolute Gasteiger partial charge is 0.465 e. The number of carbonyl (C=O) groups excluding carboxylic acids is 1. The van der Waals surface area contributed by atoms with E-state index in [1.54, 1.807) is 6.07 Å². The number of aromatic nitrogens is 1. The molecule has 1 aliphatic heterocycles. The first kappa shape index (κ1) is 15.7. The molecular weight excluding hydrogens is 306 g/mol. The Labute approximate surface area is 134 Å². The molecule has 1 saturated carbocycles. The number of nitrogens with zero attached hydrogens (tertiary/aromatic N) is 1. The van der Waals surface area contributed by atoms with Gasteiger partial charge in [0.1, 0.15) is 10.6 Å². The molecule has 2 fully saturated rings. The van der Waals surface area contributed by atoms with Gasteiger partial charge in [-0.25, -0.2) is 4.98 Å². The summed E-state index contributed by atoms with van der Waals surface area (Å²) in [5, 5.41) is 0.384. The maximum atomic E-state index is 12.6. The Morgan fingerprint density at radius 3 is 2.55 bits per heavy atom. The third-order valence-corrected chi connectivity index (χ3v) is 4.76. The highest BCUT2D eigenvalue weighted by Crippen LogP contribution is 2.46. The monoisotopic (exact) mass is 325 g/mol. The van der Waals surface area contributed by atoms with E-state index in [9.17, 15) is 4.79 Å². The Morgan fingerprint density at radius 1 is 1.27 bits per heavy atom. The van der Waals surface area contributed by atoms with Crippen LogP contribution >= 0.6 is 11.6 Å². The first-order valence-electron chi connectivity index (χ1n) is 7.68. The highest BCUT2D eigenvalue weighted by Gasteiger charge is 2.52. The first-order valence-corrected chi connectivity index (χ1v) is 8.06. The molecule has 2 aliphatic rings. The lowest BCUT2D eigenvalue weighted by Gasteiger charge is -2.41. The fourth-order valence-electron chi connectivity index (χ4n) is 3.35. The SMILES string of the molecule is CCOC(=O)C1(c2cccc(Cl)n2)CCC2(CC1)OCCO2. The maximum absolute atomic E-state index is 12.6. The smallest absolute Gasteiger partial charge is 0.318 e. The summed E-state index contributed by atoms with van der Waals surface area (Å²) in [6.07, 6.45) is 2.47. The van der Waals surface area contributed by atoms with Crippen LogP contribution in [0.4, 0.5) is 0 Å². The van der Waals surface area contributed by atoms with Crippen molar-refractivity contribution in [3.8, 4) is 0 Å². The Bertz CT molecular complexity index is 547. The van der Waals surface area contributed by atoms with Crippen LogP contribution in [0.1, 0.15) is 38.3 Å². The van der Waals surface area contributed by atoms with Crippen molar-refractivity contribution >= 4 is 17.6 Å². The summed E-state index contributed by atoms with van der Waals surface area (Å²) in [6, 6.07) is 5.37. The van der Waals surface area contributed by atoms with Crippen LogP contribution in [0, 0.1) is 0 Å². The van der Waals surface area contributed by atoms with Gasteiger partial charge < -0.3 is 14.2 Å². The van der Waals surface area contributed by atoms with Crippen LogP contribution in [0.3, 0.4) is 0 Å². The van der Waals surface area contributed by atoms with Crippen LogP contribution in [-0.4, -0.2) is 36.6 Å². The van der Waals surface area contributed by atoms with Gasteiger partial charge in [0.05, 0.1) is 25.5 Å². The molecule has 5 nitrogen and oxygen atoms in total. The van der Waals surface area contributed by atoms with Crippen LogP contribution < -0.4 is 0 Å². The molecule has 1 aromatic heterocycles. The molecule has 0 unspecified atom stereocenters. The second-order valence-corrected chi connectivity index (χ2v) is 6.14. The van der Waals surface area contributed by atoms with E-state index in [2.05, 4.69) is 4.98 Å². The fraction of sp³-hybridized carbons (Fsp3) is 0.625. The van der Waals surface area contributed by atoms with E-state index in [1.165, 1.54) is 0 Å². The van der Waals surface area contributed by atoms with Gasteiger partial charge in [-0.2, -0.15) is 0 Å². The molecule has 0 amide bonds. The van der Waals surface area contributed by atoms with E-state index in [4.69, 9.17) is 25.8 Å². The highest BCUT2D eigenvalue weighted by molar-refractivity contribution is 6.29. The van der Waals surface area contributed by atoms with Crippen molar-refractivity contribution in [3.63, 3.8) is 0 Å². The van der Waals surface area contributed by atoms with Crippen LogP contribution in [-0.2, 0) is 24.4 Å². The second kappa shape index (κ2) is 6.14. The number of carbonyl (C=O) groups is 1. The lowest BCUT2D eigenvalue weighted by Crippen LogP contribution is -2.47. The van der Waals surface area contributed by atoms with Gasteiger partial charge in [-0.05, 0) is 31.9 Å². The molecule has 1 aliphatic carbocycles. The molecule has 6 heteroatoms. The second-order valence-electron chi connectivity index (χ2n) is 5.76. The Hall–Kier alpha value is -1.17. The van der Waals surface area contributed by atoms with E-state index in [0.29, 0.717) is 56.4 Å². The van der Waals surface area contributed by atoms with Gasteiger partial charge in [-0.1, -0.05) is 17.7 Å². The highest BCUT2D eigenvalue weighted by atomic mass is 35.5. The molecule has 0 aromatic carbocycles. The molecule has 0 atom stereocenters. The van der Waals surface area contributed by atoms with E-state index < -0.39 is 11.2 Å². The summed E-state index contributed by atoms with van der Waals surface area (Å²) in [6.45, 7) is 3.38. The van der Waals surface area contributed by atoms with Gasteiger partial charge in [0.25, 0.3) is 0 Å². The molecular formula is C16H20ClNO4. The summed E-state index contributed by atoms with van der Waals surface area (Å²) < 4.78 is 16.8. The molecule has 0 bridgehead atoms. The molecule has 1 aromatic rings. The van der Waals surface area contributed by atoms with Crippen molar-refractivity contribution in [3.05, 3.63) is 29.0 Å². The van der Waals surface area contributed by atoms with Gasteiger partial charge in [0.15, 0.2) is 5.79 Å². The predicted octanol–water partition coefficient (Wildman–Crippen LogP) is 2.85. The minimum Gasteiger partial charge on any atom is -0.465 e. The minimum absolute atomic E-state index is 0.238. The molecule has 1 saturated heterocycles. The Morgan fingerprint density at radius 2 is 1.95 bits per heavy atom. The van der Waals surface area contributed by atoms with Crippen LogP contribution in [0.2, 0.25) is 5.15 Å². The quantitative estimate of drug-likeness (QED) is 0.632. The third kappa shape index (κ3) is 2.73. The Kier molecular flexibility index (Phi) is 4.39. The van der Waals surface area contributed by atoms with Crippen molar-refractivity contribution < 1.29 is 19.0 Å². The number of halogens is 1. The Balaban J connectivity index is 1.90. The summed E-state index contributed by atoms with van der Waals surface area (Å²) in [5.41, 5.74) is -0.0899. The van der Waals surface area contributed by atoms with E-state index in [1.807, 2.05) is 19.1 Å². The first-order chi connectivity index (χ1) is 10.6. The molecule has 2 heterocycles. The predicted molar refractivity (Wildman–Crippen MR) is 80.7 cm³/mol. The van der Waals surface area contributed by atoms with Gasteiger partial charge in [-0.3, -0.25) is 4.79 Å². The normalized spacial score (nSPS) is 22.6. The summed E-state index contributed by atoms with van der Waals surface area (Å²) in [5.74, 6) is -0.771. The maximum Gasteiger partial charge on any atom is 0.318 e. The number of pyridine rings is 1. The lowest BCUT2D eigenvalue weighted by molar-refractivity contribution is -0.191. The average molecular weight is 326 g/mol. The number of hydrogen-bond donors (Lipinski definition) is 0. The van der Waals surface area contributed by atoms with Crippen molar-refractivity contribution in [1.29, 1.82) is 0 Å². The molecule has 0 N–H and O–H groups in total. The average Bonchev–Trinajstić information content (AvgIpc) is 2.97. The van der Waals surface area contributed by atoms with Gasteiger partial charge in [0, 0.05) is 12.8 Å². The topological polar surface area (TPSA) is 57.7 Å². The van der Waals surface area contributed by atoms with E-state index in [-0.39, 0.29) is 5.97 Å². The molecule has 1 spiro atoms. The third-order valence-electron chi connectivity index (χ3n) is 4.55.